The highest BCUT2D eigenvalue weighted by Gasteiger charge is 2.32. The van der Waals surface area contributed by atoms with Crippen LogP contribution >= 0.6 is 0 Å². The molecule has 18 heavy (non-hydrogen) atoms. The molecular formula is C15H22O2S. The van der Waals surface area contributed by atoms with Crippen molar-refractivity contribution in [3.8, 4) is 0 Å². The summed E-state index contributed by atoms with van der Waals surface area (Å²) < 4.78 is 25.3. The summed E-state index contributed by atoms with van der Waals surface area (Å²) in [7, 11) is -3.15. The molecule has 0 unspecified atom stereocenters. The fourth-order valence-corrected chi connectivity index (χ4v) is 4.99. The number of sulfone groups is 1. The Balaban J connectivity index is 2.27. The molecule has 0 radical (unpaired) electrons. The van der Waals surface area contributed by atoms with Crippen molar-refractivity contribution < 1.29 is 8.42 Å². The Morgan fingerprint density at radius 3 is 2.22 bits per heavy atom. The maximum absolute atomic E-state index is 12.7. The molecule has 1 saturated carbocycles. The van der Waals surface area contributed by atoms with Gasteiger partial charge in [0, 0.05) is 0 Å². The first kappa shape index (κ1) is 13.6. The lowest BCUT2D eigenvalue weighted by molar-refractivity contribution is 0.398. The van der Waals surface area contributed by atoms with Crippen LogP contribution < -0.4 is 0 Å². The summed E-state index contributed by atoms with van der Waals surface area (Å²) in [5.41, 5.74) is 0. The average Bonchev–Trinajstić information content (AvgIpc) is 2.35. The molecule has 0 saturated heterocycles. The first-order valence-electron chi connectivity index (χ1n) is 6.91. The Labute approximate surface area is 110 Å². The third-order valence-corrected chi connectivity index (χ3v) is 6.43. The number of hydrogen-bond donors (Lipinski definition) is 0. The van der Waals surface area contributed by atoms with Crippen LogP contribution in [0, 0.1) is 5.92 Å². The van der Waals surface area contributed by atoms with Crippen LogP contribution in [0.5, 0.6) is 0 Å². The van der Waals surface area contributed by atoms with Crippen molar-refractivity contribution >= 4 is 9.84 Å². The predicted octanol–water partition coefficient (Wildman–Crippen LogP) is 3.82. The molecule has 2 rings (SSSR count). The third kappa shape index (κ3) is 2.94. The smallest absolute Gasteiger partial charge is 0.181 e. The lowest BCUT2D eigenvalue weighted by atomic mass is 9.92. The van der Waals surface area contributed by atoms with E-state index in [4.69, 9.17) is 0 Å². The van der Waals surface area contributed by atoms with E-state index in [0.29, 0.717) is 4.90 Å². The maximum Gasteiger partial charge on any atom is 0.181 e. The summed E-state index contributed by atoms with van der Waals surface area (Å²) in [6.45, 7) is 2.09. The van der Waals surface area contributed by atoms with Crippen molar-refractivity contribution in [1.82, 2.24) is 0 Å². The maximum atomic E-state index is 12.7. The minimum absolute atomic E-state index is 0.194. The molecule has 0 aliphatic heterocycles. The molecule has 0 spiro atoms. The zero-order valence-electron chi connectivity index (χ0n) is 11.0. The minimum Gasteiger partial charge on any atom is -0.223 e. The Morgan fingerprint density at radius 2 is 1.56 bits per heavy atom. The molecule has 0 N–H and O–H groups in total. The highest BCUT2D eigenvalue weighted by atomic mass is 32.2. The molecule has 100 valence electrons. The third-order valence-electron chi connectivity index (χ3n) is 4.00. The Bertz CT molecular complexity index is 465. The van der Waals surface area contributed by atoms with E-state index in [2.05, 4.69) is 6.92 Å². The van der Waals surface area contributed by atoms with Crippen molar-refractivity contribution in [3.63, 3.8) is 0 Å². The number of benzene rings is 1. The summed E-state index contributed by atoms with van der Waals surface area (Å²) >= 11 is 0. The van der Waals surface area contributed by atoms with Gasteiger partial charge in [0.1, 0.15) is 0 Å². The molecule has 1 aromatic rings. The van der Waals surface area contributed by atoms with Gasteiger partial charge in [-0.3, -0.25) is 0 Å². The molecule has 1 aliphatic rings. The molecule has 2 nitrogen and oxygen atoms in total. The largest absolute Gasteiger partial charge is 0.223 e. The molecular weight excluding hydrogens is 244 g/mol. The van der Waals surface area contributed by atoms with Gasteiger partial charge in [0.2, 0.25) is 0 Å². The monoisotopic (exact) mass is 266 g/mol. The van der Waals surface area contributed by atoms with E-state index in [1.807, 2.05) is 6.07 Å². The summed E-state index contributed by atoms with van der Waals surface area (Å²) in [6.07, 6.45) is 6.49. The van der Waals surface area contributed by atoms with E-state index in [-0.39, 0.29) is 11.2 Å². The lowest BCUT2D eigenvalue weighted by Crippen LogP contribution is -2.29. The second-order valence-corrected chi connectivity index (χ2v) is 7.53. The van der Waals surface area contributed by atoms with E-state index >= 15 is 0 Å². The Morgan fingerprint density at radius 1 is 0.944 bits per heavy atom. The van der Waals surface area contributed by atoms with Gasteiger partial charge in [0.15, 0.2) is 9.84 Å². The molecule has 1 aromatic carbocycles. The minimum atomic E-state index is -3.15. The highest BCUT2D eigenvalue weighted by Crippen LogP contribution is 2.31. The Kier molecular flexibility index (Phi) is 4.44. The standard InChI is InChI=1S/C15H22O2S/c1-13-9-5-2-3-8-12-15(13)18(16,17)14-10-6-4-7-11-14/h4,6-7,10-11,13,15H,2-3,5,8-9,12H2,1H3/t13-,15+/m0/s1. The van der Waals surface area contributed by atoms with Crippen LogP contribution in [0.3, 0.4) is 0 Å². The summed E-state index contributed by atoms with van der Waals surface area (Å²) in [5.74, 6) is 0.274. The molecule has 1 fully saturated rings. The van der Waals surface area contributed by atoms with Crippen molar-refractivity contribution in [1.29, 1.82) is 0 Å². The topological polar surface area (TPSA) is 34.1 Å². The molecule has 0 aromatic heterocycles. The molecule has 0 bridgehead atoms. The van der Waals surface area contributed by atoms with Gasteiger partial charge >= 0.3 is 0 Å². The van der Waals surface area contributed by atoms with Crippen molar-refractivity contribution in [2.75, 3.05) is 0 Å². The van der Waals surface area contributed by atoms with Crippen molar-refractivity contribution in [2.24, 2.45) is 5.92 Å². The fourth-order valence-electron chi connectivity index (χ4n) is 2.88. The van der Waals surface area contributed by atoms with E-state index in [1.165, 1.54) is 19.3 Å². The van der Waals surface area contributed by atoms with Gasteiger partial charge in [-0.25, -0.2) is 8.42 Å². The van der Waals surface area contributed by atoms with Crippen LogP contribution in [-0.2, 0) is 9.84 Å². The van der Waals surface area contributed by atoms with E-state index in [9.17, 15) is 8.42 Å². The van der Waals surface area contributed by atoms with E-state index in [0.717, 1.165) is 19.3 Å². The van der Waals surface area contributed by atoms with Crippen molar-refractivity contribution in [2.45, 2.75) is 55.6 Å². The summed E-state index contributed by atoms with van der Waals surface area (Å²) in [6, 6.07) is 8.92. The van der Waals surface area contributed by atoms with Gasteiger partial charge in [-0.05, 0) is 30.9 Å². The molecule has 2 atom stereocenters. The number of hydrogen-bond acceptors (Lipinski definition) is 2. The summed E-state index contributed by atoms with van der Waals surface area (Å²) in [5, 5.41) is -0.194. The van der Waals surface area contributed by atoms with Crippen LogP contribution in [0.4, 0.5) is 0 Å². The second kappa shape index (κ2) is 5.87. The van der Waals surface area contributed by atoms with Crippen LogP contribution in [0.15, 0.2) is 35.2 Å². The predicted molar refractivity (Wildman–Crippen MR) is 74.3 cm³/mol. The average molecular weight is 266 g/mol. The zero-order chi connectivity index (χ0) is 13.0. The first-order valence-corrected chi connectivity index (χ1v) is 8.46. The van der Waals surface area contributed by atoms with Crippen LogP contribution in [0.1, 0.15) is 45.4 Å². The Hall–Kier alpha value is -0.830. The molecule has 3 heteroatoms. The van der Waals surface area contributed by atoms with Crippen LogP contribution in [0.25, 0.3) is 0 Å². The SMILES string of the molecule is C[C@H]1CCCCCC[C@H]1S(=O)(=O)c1ccccc1. The first-order chi connectivity index (χ1) is 8.62. The quantitative estimate of drug-likeness (QED) is 0.815. The van der Waals surface area contributed by atoms with Crippen LogP contribution in [-0.4, -0.2) is 13.7 Å². The zero-order valence-corrected chi connectivity index (χ0v) is 11.8. The van der Waals surface area contributed by atoms with Gasteiger partial charge in [0.05, 0.1) is 10.1 Å². The van der Waals surface area contributed by atoms with E-state index in [1.54, 1.807) is 24.3 Å². The van der Waals surface area contributed by atoms with Gasteiger partial charge in [-0.15, -0.1) is 0 Å². The van der Waals surface area contributed by atoms with Gasteiger partial charge < -0.3 is 0 Å². The highest BCUT2D eigenvalue weighted by molar-refractivity contribution is 7.92. The normalized spacial score (nSPS) is 26.3. The molecule has 0 heterocycles. The van der Waals surface area contributed by atoms with Gasteiger partial charge in [0.25, 0.3) is 0 Å². The lowest BCUT2D eigenvalue weighted by Gasteiger charge is -2.26. The van der Waals surface area contributed by atoms with Crippen molar-refractivity contribution in [3.05, 3.63) is 30.3 Å². The van der Waals surface area contributed by atoms with Gasteiger partial charge in [-0.2, -0.15) is 0 Å². The fraction of sp³-hybridized carbons (Fsp3) is 0.600. The number of rotatable bonds is 2. The molecule has 1 aliphatic carbocycles. The van der Waals surface area contributed by atoms with Gasteiger partial charge in [-0.1, -0.05) is 50.8 Å². The summed E-state index contributed by atoms with van der Waals surface area (Å²) in [4.78, 5) is 0.488. The van der Waals surface area contributed by atoms with E-state index < -0.39 is 9.84 Å². The molecule has 0 amide bonds. The second-order valence-electron chi connectivity index (χ2n) is 5.37. The van der Waals surface area contributed by atoms with Crippen LogP contribution in [0.2, 0.25) is 0 Å².